The molecule has 0 radical (unpaired) electrons. The van der Waals surface area contributed by atoms with Gasteiger partial charge in [-0.25, -0.2) is 0 Å². The molecule has 1 aliphatic rings. The molecular weight excluding hydrogens is 314 g/mol. The molecule has 5 nitrogen and oxygen atoms in total. The summed E-state index contributed by atoms with van der Waals surface area (Å²) in [5.74, 6) is -0.381. The van der Waals surface area contributed by atoms with Crippen LogP contribution in [0, 0.1) is 20.8 Å². The van der Waals surface area contributed by atoms with Crippen LogP contribution < -0.4 is 16.0 Å². The van der Waals surface area contributed by atoms with E-state index in [1.807, 2.05) is 18.7 Å². The van der Waals surface area contributed by atoms with E-state index >= 15 is 0 Å². The smallest absolute Gasteiger partial charge is 0.249 e. The van der Waals surface area contributed by atoms with Gasteiger partial charge in [-0.3, -0.25) is 9.59 Å². The highest BCUT2D eigenvalue weighted by Gasteiger charge is 2.33. The fourth-order valence-corrected chi connectivity index (χ4v) is 3.57. The molecule has 0 aromatic heterocycles. The van der Waals surface area contributed by atoms with E-state index in [-0.39, 0.29) is 11.9 Å². The molecule has 0 unspecified atom stereocenters. The van der Waals surface area contributed by atoms with Gasteiger partial charge in [-0.05, 0) is 62.6 Å². The van der Waals surface area contributed by atoms with Crippen LogP contribution in [-0.4, -0.2) is 24.4 Å². The summed E-state index contributed by atoms with van der Waals surface area (Å²) in [4.78, 5) is 25.9. The third-order valence-corrected chi connectivity index (χ3v) is 4.62. The second kappa shape index (κ2) is 6.59. The molecule has 2 amide bonds. The average molecular weight is 337 g/mol. The lowest BCUT2D eigenvalue weighted by atomic mass is 10.0. The Morgan fingerprint density at radius 2 is 1.72 bits per heavy atom. The van der Waals surface area contributed by atoms with E-state index in [1.54, 1.807) is 24.3 Å². The number of aryl methyl sites for hydroxylation is 3. The van der Waals surface area contributed by atoms with Crippen molar-refractivity contribution in [2.24, 2.45) is 5.73 Å². The fourth-order valence-electron chi connectivity index (χ4n) is 3.57. The van der Waals surface area contributed by atoms with Crippen LogP contribution >= 0.6 is 0 Å². The maximum atomic E-state index is 12.9. The van der Waals surface area contributed by atoms with Crippen molar-refractivity contribution in [2.45, 2.75) is 33.2 Å². The van der Waals surface area contributed by atoms with Gasteiger partial charge in [0.05, 0.1) is 0 Å². The molecule has 2 aromatic rings. The third kappa shape index (κ3) is 3.36. The minimum absolute atomic E-state index is 0.0778. The highest BCUT2D eigenvalue weighted by Crippen LogP contribution is 2.30. The Labute approximate surface area is 147 Å². The Bertz CT molecular complexity index is 804. The Morgan fingerprint density at radius 1 is 1.12 bits per heavy atom. The first-order valence-corrected chi connectivity index (χ1v) is 8.42. The SMILES string of the molecule is Cc1cc(C)c(N2CC[C@H](Nc3ccc(C(N)=O)cc3)C2=O)c(C)c1. The normalized spacial score (nSPS) is 17.0. The Kier molecular flexibility index (Phi) is 4.49. The zero-order valence-electron chi connectivity index (χ0n) is 14.8. The number of carbonyl (C=O) groups is 2. The second-order valence-corrected chi connectivity index (χ2v) is 6.66. The number of amides is 2. The molecule has 130 valence electrons. The van der Waals surface area contributed by atoms with Crippen LogP contribution in [0.5, 0.6) is 0 Å². The van der Waals surface area contributed by atoms with Crippen molar-refractivity contribution in [3.63, 3.8) is 0 Å². The van der Waals surface area contributed by atoms with Gasteiger partial charge >= 0.3 is 0 Å². The van der Waals surface area contributed by atoms with Crippen LogP contribution in [0.2, 0.25) is 0 Å². The molecule has 0 aliphatic carbocycles. The quantitative estimate of drug-likeness (QED) is 0.901. The molecule has 3 N–H and O–H groups in total. The van der Waals surface area contributed by atoms with Crippen molar-refractivity contribution in [3.8, 4) is 0 Å². The molecule has 1 saturated heterocycles. The van der Waals surface area contributed by atoms with E-state index in [1.165, 1.54) is 5.56 Å². The summed E-state index contributed by atoms with van der Waals surface area (Å²) >= 11 is 0. The minimum Gasteiger partial charge on any atom is -0.374 e. The number of nitrogens with two attached hydrogens (primary N) is 1. The van der Waals surface area contributed by atoms with E-state index in [4.69, 9.17) is 5.73 Å². The van der Waals surface area contributed by atoms with Crippen molar-refractivity contribution in [1.82, 2.24) is 0 Å². The summed E-state index contributed by atoms with van der Waals surface area (Å²) in [5.41, 5.74) is 11.0. The van der Waals surface area contributed by atoms with Gasteiger partial charge in [0, 0.05) is 23.5 Å². The van der Waals surface area contributed by atoms with E-state index in [2.05, 4.69) is 24.4 Å². The van der Waals surface area contributed by atoms with E-state index < -0.39 is 5.91 Å². The summed E-state index contributed by atoms with van der Waals surface area (Å²) in [6.07, 6.45) is 0.739. The lowest BCUT2D eigenvalue weighted by Crippen LogP contribution is -2.34. The van der Waals surface area contributed by atoms with Crippen LogP contribution in [0.4, 0.5) is 11.4 Å². The average Bonchev–Trinajstić information content (AvgIpc) is 2.88. The molecule has 2 aromatic carbocycles. The predicted octanol–water partition coefficient (Wildman–Crippen LogP) is 2.93. The van der Waals surface area contributed by atoms with Crippen molar-refractivity contribution < 1.29 is 9.59 Å². The molecule has 0 saturated carbocycles. The van der Waals surface area contributed by atoms with Crippen LogP contribution in [0.3, 0.4) is 0 Å². The van der Waals surface area contributed by atoms with Crippen LogP contribution in [0.1, 0.15) is 33.5 Å². The molecular formula is C20H23N3O2. The van der Waals surface area contributed by atoms with Gasteiger partial charge in [0.1, 0.15) is 6.04 Å². The Morgan fingerprint density at radius 3 is 2.28 bits per heavy atom. The first-order valence-electron chi connectivity index (χ1n) is 8.42. The minimum atomic E-state index is -0.458. The van der Waals surface area contributed by atoms with Gasteiger partial charge in [0.25, 0.3) is 0 Å². The van der Waals surface area contributed by atoms with Gasteiger partial charge in [-0.15, -0.1) is 0 Å². The third-order valence-electron chi connectivity index (χ3n) is 4.62. The number of hydrogen-bond donors (Lipinski definition) is 2. The molecule has 0 spiro atoms. The summed E-state index contributed by atoms with van der Waals surface area (Å²) in [5, 5.41) is 3.26. The number of primary amides is 1. The summed E-state index contributed by atoms with van der Waals surface area (Å²) in [7, 11) is 0. The molecule has 1 heterocycles. The molecule has 25 heavy (non-hydrogen) atoms. The molecule has 1 atom stereocenters. The number of hydrogen-bond acceptors (Lipinski definition) is 3. The number of benzene rings is 2. The number of rotatable bonds is 4. The first kappa shape index (κ1) is 17.0. The lowest BCUT2D eigenvalue weighted by molar-refractivity contribution is -0.117. The van der Waals surface area contributed by atoms with Gasteiger partial charge in [0.2, 0.25) is 11.8 Å². The molecule has 3 rings (SSSR count). The van der Waals surface area contributed by atoms with Crippen molar-refractivity contribution in [2.75, 3.05) is 16.8 Å². The number of carbonyl (C=O) groups excluding carboxylic acids is 2. The van der Waals surface area contributed by atoms with Crippen molar-refractivity contribution in [1.29, 1.82) is 0 Å². The summed E-state index contributed by atoms with van der Waals surface area (Å²) in [6, 6.07) is 10.8. The van der Waals surface area contributed by atoms with E-state index in [9.17, 15) is 9.59 Å². The van der Waals surface area contributed by atoms with Gasteiger partial charge < -0.3 is 16.0 Å². The van der Waals surface area contributed by atoms with Crippen molar-refractivity contribution >= 4 is 23.2 Å². The topological polar surface area (TPSA) is 75.4 Å². The van der Waals surface area contributed by atoms with Crippen molar-refractivity contribution in [3.05, 3.63) is 58.7 Å². The highest BCUT2D eigenvalue weighted by molar-refractivity contribution is 6.02. The second-order valence-electron chi connectivity index (χ2n) is 6.66. The highest BCUT2D eigenvalue weighted by atomic mass is 16.2. The Hall–Kier alpha value is -2.82. The van der Waals surface area contributed by atoms with Gasteiger partial charge in [-0.2, -0.15) is 0 Å². The first-order chi connectivity index (χ1) is 11.9. The number of nitrogens with zero attached hydrogens (tertiary/aromatic N) is 1. The van der Waals surface area contributed by atoms with E-state index in [0.717, 1.165) is 28.9 Å². The largest absolute Gasteiger partial charge is 0.374 e. The Balaban J connectivity index is 1.77. The van der Waals surface area contributed by atoms with Crippen LogP contribution in [0.15, 0.2) is 36.4 Å². The monoisotopic (exact) mass is 337 g/mol. The standard InChI is InChI=1S/C20H23N3O2/c1-12-10-13(2)18(14(3)11-12)23-9-8-17(20(23)25)22-16-6-4-15(5-7-16)19(21)24/h4-7,10-11,17,22H,8-9H2,1-3H3,(H2,21,24)/t17-/m0/s1. The zero-order chi connectivity index (χ0) is 18.1. The molecule has 1 fully saturated rings. The predicted molar refractivity (Wildman–Crippen MR) is 100.0 cm³/mol. The zero-order valence-corrected chi connectivity index (χ0v) is 14.8. The molecule has 5 heteroatoms. The lowest BCUT2D eigenvalue weighted by Gasteiger charge is -2.22. The number of nitrogens with one attached hydrogen (secondary N) is 1. The summed E-state index contributed by atoms with van der Waals surface area (Å²) < 4.78 is 0. The van der Waals surface area contributed by atoms with E-state index in [0.29, 0.717) is 12.1 Å². The molecule has 1 aliphatic heterocycles. The summed E-state index contributed by atoms with van der Waals surface area (Å²) in [6.45, 7) is 6.86. The van der Waals surface area contributed by atoms with Gasteiger partial charge in [0.15, 0.2) is 0 Å². The van der Waals surface area contributed by atoms with Crippen LogP contribution in [-0.2, 0) is 4.79 Å². The maximum Gasteiger partial charge on any atom is 0.249 e. The van der Waals surface area contributed by atoms with Crippen LogP contribution in [0.25, 0.3) is 0 Å². The molecule has 0 bridgehead atoms. The number of anilines is 2. The fraction of sp³-hybridized carbons (Fsp3) is 0.300. The maximum absolute atomic E-state index is 12.9. The van der Waals surface area contributed by atoms with Gasteiger partial charge in [-0.1, -0.05) is 17.7 Å².